The third-order valence-electron chi connectivity index (χ3n) is 5.00. The molecule has 0 aliphatic carbocycles. The van der Waals surface area contributed by atoms with Gasteiger partial charge in [-0.15, -0.1) is 11.3 Å². The molecule has 1 atom stereocenters. The van der Waals surface area contributed by atoms with Crippen LogP contribution in [0.2, 0.25) is 0 Å². The van der Waals surface area contributed by atoms with Crippen LogP contribution in [0.5, 0.6) is 0 Å². The summed E-state index contributed by atoms with van der Waals surface area (Å²) in [6.45, 7) is 3.83. The largest absolute Gasteiger partial charge is 0.425 e. The zero-order valence-corrected chi connectivity index (χ0v) is 17.0. The average Bonchev–Trinajstić information content (AvgIpc) is 3.14. The van der Waals surface area contributed by atoms with Gasteiger partial charge in [0.2, 0.25) is 5.95 Å². The van der Waals surface area contributed by atoms with Crippen LogP contribution < -0.4 is 10.6 Å². The predicted octanol–water partition coefficient (Wildman–Crippen LogP) is 4.41. The van der Waals surface area contributed by atoms with E-state index < -0.39 is 22.9 Å². The van der Waals surface area contributed by atoms with Gasteiger partial charge >= 0.3 is 11.9 Å². The first-order valence-electron chi connectivity index (χ1n) is 9.21. The Kier molecular flexibility index (Phi) is 5.13. The fourth-order valence-electron chi connectivity index (χ4n) is 3.47. The summed E-state index contributed by atoms with van der Waals surface area (Å²) in [5, 5.41) is 0. The van der Waals surface area contributed by atoms with Crippen molar-refractivity contribution in [2.75, 3.05) is 11.4 Å². The molecule has 10 heteroatoms. The van der Waals surface area contributed by atoms with Gasteiger partial charge in [-0.05, 0) is 37.1 Å². The number of anilines is 1. The molecule has 158 valence electrons. The second-order valence-electron chi connectivity index (χ2n) is 7.25. The molecule has 0 N–H and O–H groups in total. The number of hydrogen-bond donors (Lipinski definition) is 0. The highest BCUT2D eigenvalue weighted by Crippen LogP contribution is 2.35. The third-order valence-corrected chi connectivity index (χ3v) is 6.11. The van der Waals surface area contributed by atoms with Gasteiger partial charge in [-0.3, -0.25) is 4.57 Å². The second kappa shape index (κ2) is 7.50. The van der Waals surface area contributed by atoms with Gasteiger partial charge in [0.05, 0.1) is 13.1 Å². The first kappa shape index (κ1) is 20.5. The SMILES string of the molecule is Cc1ccc2c(c1)C(F)CN(c1nc(C)n(Cc3ccc(C(F)(F)F)s3)c(=O)n1)C2. The summed E-state index contributed by atoms with van der Waals surface area (Å²) >= 11 is 0.578. The van der Waals surface area contributed by atoms with Gasteiger partial charge in [0.15, 0.2) is 0 Å². The van der Waals surface area contributed by atoms with Crippen molar-refractivity contribution in [2.45, 2.75) is 39.3 Å². The monoisotopic (exact) mass is 438 g/mol. The Morgan fingerprint density at radius 1 is 1.17 bits per heavy atom. The van der Waals surface area contributed by atoms with Crippen LogP contribution in [0, 0.1) is 13.8 Å². The van der Waals surface area contributed by atoms with Crippen LogP contribution >= 0.6 is 11.3 Å². The maximum Gasteiger partial charge on any atom is 0.425 e. The molecule has 2 aromatic heterocycles. The van der Waals surface area contributed by atoms with E-state index in [2.05, 4.69) is 9.97 Å². The zero-order valence-electron chi connectivity index (χ0n) is 16.2. The Labute approximate surface area is 173 Å². The highest BCUT2D eigenvalue weighted by molar-refractivity contribution is 7.12. The van der Waals surface area contributed by atoms with Crippen molar-refractivity contribution in [3.05, 3.63) is 73.1 Å². The van der Waals surface area contributed by atoms with E-state index in [1.165, 1.54) is 10.6 Å². The summed E-state index contributed by atoms with van der Waals surface area (Å²) in [5.74, 6) is 0.418. The van der Waals surface area contributed by atoms with E-state index in [1.807, 2.05) is 25.1 Å². The minimum absolute atomic E-state index is 0.0270. The predicted molar refractivity (Wildman–Crippen MR) is 106 cm³/mol. The molecule has 4 rings (SSSR count). The van der Waals surface area contributed by atoms with Crippen molar-refractivity contribution in [3.8, 4) is 0 Å². The minimum atomic E-state index is -4.42. The number of nitrogens with zero attached hydrogens (tertiary/aromatic N) is 4. The molecular weight excluding hydrogens is 420 g/mol. The van der Waals surface area contributed by atoms with Gasteiger partial charge < -0.3 is 4.90 Å². The Morgan fingerprint density at radius 3 is 2.60 bits per heavy atom. The molecule has 1 unspecified atom stereocenters. The van der Waals surface area contributed by atoms with Crippen LogP contribution in [-0.2, 0) is 19.3 Å². The Morgan fingerprint density at radius 2 is 1.93 bits per heavy atom. The summed E-state index contributed by atoms with van der Waals surface area (Å²) < 4.78 is 54.3. The van der Waals surface area contributed by atoms with E-state index in [4.69, 9.17) is 0 Å². The number of fused-ring (bicyclic) bond motifs is 1. The van der Waals surface area contributed by atoms with Crippen LogP contribution in [0.1, 0.15) is 38.4 Å². The van der Waals surface area contributed by atoms with Crippen LogP contribution in [0.15, 0.2) is 35.1 Å². The van der Waals surface area contributed by atoms with Crippen molar-refractivity contribution in [1.29, 1.82) is 0 Å². The fourth-order valence-corrected chi connectivity index (χ4v) is 4.34. The molecule has 30 heavy (non-hydrogen) atoms. The first-order valence-corrected chi connectivity index (χ1v) is 10.0. The van der Waals surface area contributed by atoms with Crippen molar-refractivity contribution in [1.82, 2.24) is 14.5 Å². The van der Waals surface area contributed by atoms with E-state index in [-0.39, 0.29) is 19.0 Å². The van der Waals surface area contributed by atoms with Crippen LogP contribution in [0.4, 0.5) is 23.5 Å². The molecule has 0 radical (unpaired) electrons. The molecule has 0 amide bonds. The summed E-state index contributed by atoms with van der Waals surface area (Å²) in [6, 6.07) is 7.90. The van der Waals surface area contributed by atoms with Crippen LogP contribution in [0.3, 0.4) is 0 Å². The van der Waals surface area contributed by atoms with Gasteiger partial charge in [-0.2, -0.15) is 23.1 Å². The minimum Gasteiger partial charge on any atom is -0.333 e. The highest BCUT2D eigenvalue weighted by Gasteiger charge is 2.32. The lowest BCUT2D eigenvalue weighted by Gasteiger charge is -2.31. The lowest BCUT2D eigenvalue weighted by Crippen LogP contribution is -2.37. The van der Waals surface area contributed by atoms with Gasteiger partial charge in [-0.1, -0.05) is 23.8 Å². The van der Waals surface area contributed by atoms with Gasteiger partial charge in [-0.25, -0.2) is 9.18 Å². The summed E-state index contributed by atoms with van der Waals surface area (Å²) in [5.41, 5.74) is 1.78. The molecule has 1 aromatic carbocycles. The Balaban J connectivity index is 1.60. The van der Waals surface area contributed by atoms with Gasteiger partial charge in [0.1, 0.15) is 16.9 Å². The average molecular weight is 438 g/mol. The molecule has 3 heterocycles. The number of benzene rings is 1. The number of rotatable bonds is 3. The van der Waals surface area contributed by atoms with Crippen molar-refractivity contribution in [2.24, 2.45) is 0 Å². The van der Waals surface area contributed by atoms with Gasteiger partial charge in [0.25, 0.3) is 0 Å². The standard InChI is InChI=1S/C20H18F4N4OS/c1-11-3-4-13-8-27(10-16(21)15(13)7-11)18-25-12(2)28(19(29)26-18)9-14-5-6-17(30-14)20(22,23)24/h3-7,16H,8-10H2,1-2H3. The molecule has 0 bridgehead atoms. The Bertz CT molecular complexity index is 1150. The number of aromatic nitrogens is 3. The zero-order chi connectivity index (χ0) is 21.6. The Hall–Kier alpha value is -2.75. The van der Waals surface area contributed by atoms with E-state index in [1.54, 1.807) is 11.8 Å². The molecule has 3 aromatic rings. The number of hydrogen-bond acceptors (Lipinski definition) is 5. The summed E-state index contributed by atoms with van der Waals surface area (Å²) in [6.07, 6.45) is -5.65. The number of aryl methyl sites for hydroxylation is 2. The molecular formula is C20H18F4N4OS. The molecule has 0 saturated heterocycles. The lowest BCUT2D eigenvalue weighted by atomic mass is 9.96. The number of alkyl halides is 4. The maximum atomic E-state index is 14.7. The molecule has 0 spiro atoms. The van der Waals surface area contributed by atoms with Crippen molar-refractivity contribution < 1.29 is 17.6 Å². The number of thiophene rings is 1. The maximum absolute atomic E-state index is 14.7. The van der Waals surface area contributed by atoms with Crippen LogP contribution in [0.25, 0.3) is 0 Å². The lowest BCUT2D eigenvalue weighted by molar-refractivity contribution is -0.134. The summed E-state index contributed by atoms with van der Waals surface area (Å²) in [7, 11) is 0. The van der Waals surface area contributed by atoms with Crippen molar-refractivity contribution in [3.63, 3.8) is 0 Å². The fraction of sp³-hybridized carbons (Fsp3) is 0.350. The molecule has 1 aliphatic rings. The van der Waals surface area contributed by atoms with E-state index in [0.29, 0.717) is 34.1 Å². The highest BCUT2D eigenvalue weighted by atomic mass is 32.1. The topological polar surface area (TPSA) is 51.0 Å². The van der Waals surface area contributed by atoms with Crippen molar-refractivity contribution >= 4 is 17.3 Å². The smallest absolute Gasteiger partial charge is 0.333 e. The number of halogens is 4. The normalized spacial score (nSPS) is 16.6. The summed E-state index contributed by atoms with van der Waals surface area (Å²) in [4.78, 5) is 22.1. The van der Waals surface area contributed by atoms with Gasteiger partial charge in [0, 0.05) is 11.4 Å². The second-order valence-corrected chi connectivity index (χ2v) is 8.42. The van der Waals surface area contributed by atoms with Crippen LogP contribution in [-0.4, -0.2) is 21.1 Å². The van der Waals surface area contributed by atoms with E-state index in [0.717, 1.165) is 17.2 Å². The molecule has 0 saturated carbocycles. The molecule has 0 fully saturated rings. The molecule has 5 nitrogen and oxygen atoms in total. The molecule has 1 aliphatic heterocycles. The van der Waals surface area contributed by atoms with E-state index >= 15 is 0 Å². The first-order chi connectivity index (χ1) is 14.1. The quantitative estimate of drug-likeness (QED) is 0.569. The van der Waals surface area contributed by atoms with E-state index in [9.17, 15) is 22.4 Å². The third kappa shape index (κ3) is 3.96.